The molecular formula is C24H24Cl2F3N3O3. The molecule has 2 saturated heterocycles. The highest BCUT2D eigenvalue weighted by Gasteiger charge is 2.59. The van der Waals surface area contributed by atoms with Gasteiger partial charge in [-0.1, -0.05) is 23.2 Å². The molecule has 11 heteroatoms. The van der Waals surface area contributed by atoms with E-state index in [0.717, 1.165) is 0 Å². The van der Waals surface area contributed by atoms with Crippen molar-refractivity contribution in [1.82, 2.24) is 10.4 Å². The molecular weight excluding hydrogens is 506 g/mol. The molecule has 2 heterocycles. The summed E-state index contributed by atoms with van der Waals surface area (Å²) in [4.78, 5) is 31.8. The Labute approximate surface area is 210 Å². The summed E-state index contributed by atoms with van der Waals surface area (Å²) in [6, 6.07) is 8.11. The molecule has 0 saturated carbocycles. The van der Waals surface area contributed by atoms with E-state index >= 15 is 0 Å². The minimum Gasteiger partial charge on any atom is -0.370 e. The lowest BCUT2D eigenvalue weighted by Gasteiger charge is -2.33. The molecule has 4 rings (SSSR count). The fourth-order valence-corrected chi connectivity index (χ4v) is 5.18. The van der Waals surface area contributed by atoms with Crippen LogP contribution in [0.1, 0.15) is 34.8 Å². The van der Waals surface area contributed by atoms with Gasteiger partial charge in [-0.05, 0) is 67.8 Å². The van der Waals surface area contributed by atoms with Crippen molar-refractivity contribution in [1.29, 1.82) is 0 Å². The van der Waals surface area contributed by atoms with Gasteiger partial charge in [-0.2, -0.15) is 13.2 Å². The van der Waals surface area contributed by atoms with Gasteiger partial charge < -0.3 is 10.2 Å². The van der Waals surface area contributed by atoms with Gasteiger partial charge in [0.05, 0.1) is 0 Å². The first kappa shape index (κ1) is 25.6. The maximum atomic E-state index is 14.4. The number of anilines is 1. The Hall–Kier alpha value is -2.49. The predicted octanol–water partition coefficient (Wildman–Crippen LogP) is 4.90. The Morgan fingerprint density at radius 1 is 1.20 bits per heavy atom. The average Bonchev–Trinajstić information content (AvgIpc) is 3.38. The lowest BCUT2D eigenvalue weighted by Crippen LogP contribution is -2.45. The third-order valence-corrected chi connectivity index (χ3v) is 7.02. The first-order valence-electron chi connectivity index (χ1n) is 11.1. The van der Waals surface area contributed by atoms with Gasteiger partial charge in [-0.15, -0.1) is 0 Å². The minimum absolute atomic E-state index is 0.0299. The molecule has 35 heavy (non-hydrogen) atoms. The van der Waals surface area contributed by atoms with Crippen LogP contribution in [0, 0.1) is 6.92 Å². The molecule has 6 nitrogen and oxygen atoms in total. The van der Waals surface area contributed by atoms with E-state index in [4.69, 9.17) is 28.0 Å². The number of hydrogen-bond donors (Lipinski definition) is 1. The highest BCUT2D eigenvalue weighted by Crippen LogP contribution is 2.49. The van der Waals surface area contributed by atoms with E-state index in [-0.39, 0.29) is 47.6 Å². The predicted molar refractivity (Wildman–Crippen MR) is 127 cm³/mol. The number of nitrogens with one attached hydrogen (secondary N) is 1. The maximum absolute atomic E-state index is 14.4. The van der Waals surface area contributed by atoms with Gasteiger partial charge in [-0.3, -0.25) is 14.4 Å². The molecule has 188 valence electrons. The molecule has 1 unspecified atom stereocenters. The summed E-state index contributed by atoms with van der Waals surface area (Å²) >= 11 is 12.0. The van der Waals surface area contributed by atoms with Crippen LogP contribution in [0.3, 0.4) is 0 Å². The minimum atomic E-state index is -4.52. The zero-order valence-electron chi connectivity index (χ0n) is 19.1. The maximum Gasteiger partial charge on any atom is 0.400 e. The van der Waals surface area contributed by atoms with Crippen LogP contribution in [0.5, 0.6) is 0 Å². The van der Waals surface area contributed by atoms with Gasteiger partial charge in [0.25, 0.3) is 11.8 Å². The van der Waals surface area contributed by atoms with E-state index in [1.54, 1.807) is 36.9 Å². The molecule has 0 bridgehead atoms. The lowest BCUT2D eigenvalue weighted by atomic mass is 9.79. The third kappa shape index (κ3) is 4.81. The summed E-state index contributed by atoms with van der Waals surface area (Å²) in [5.74, 6) is -0.773. The summed E-state index contributed by atoms with van der Waals surface area (Å²) in [7, 11) is 0. The van der Waals surface area contributed by atoms with E-state index in [1.165, 1.54) is 23.3 Å². The van der Waals surface area contributed by atoms with Gasteiger partial charge in [0, 0.05) is 40.9 Å². The van der Waals surface area contributed by atoms with Gasteiger partial charge >= 0.3 is 6.18 Å². The molecule has 2 aliphatic heterocycles. The molecule has 0 radical (unpaired) electrons. The highest BCUT2D eigenvalue weighted by molar-refractivity contribution is 6.34. The first-order chi connectivity index (χ1) is 16.4. The van der Waals surface area contributed by atoms with Gasteiger partial charge in [0.15, 0.2) is 0 Å². The van der Waals surface area contributed by atoms with Crippen molar-refractivity contribution in [3.05, 3.63) is 63.1 Å². The number of rotatable bonds is 5. The van der Waals surface area contributed by atoms with E-state index in [2.05, 4.69) is 5.32 Å². The Bertz CT molecular complexity index is 1140. The largest absolute Gasteiger partial charge is 0.400 e. The second-order valence-electron chi connectivity index (χ2n) is 8.76. The van der Waals surface area contributed by atoms with Crippen molar-refractivity contribution in [3.8, 4) is 0 Å². The van der Waals surface area contributed by atoms with Crippen LogP contribution in [0.4, 0.5) is 18.9 Å². The Balaban J connectivity index is 1.55. The smallest absolute Gasteiger partial charge is 0.370 e. The second kappa shape index (κ2) is 9.52. The second-order valence-corrected chi connectivity index (χ2v) is 9.64. The molecule has 2 amide bonds. The quantitative estimate of drug-likeness (QED) is 0.598. The van der Waals surface area contributed by atoms with Crippen molar-refractivity contribution in [2.45, 2.75) is 37.9 Å². The summed E-state index contributed by atoms with van der Waals surface area (Å²) < 4.78 is 43.1. The normalized spacial score (nSPS) is 22.7. The van der Waals surface area contributed by atoms with Crippen LogP contribution in [-0.4, -0.2) is 55.3 Å². The van der Waals surface area contributed by atoms with Crippen LogP contribution in [0.15, 0.2) is 36.4 Å². The van der Waals surface area contributed by atoms with Crippen molar-refractivity contribution < 1.29 is 27.6 Å². The molecule has 0 spiro atoms. The Morgan fingerprint density at radius 3 is 2.46 bits per heavy atom. The number of nitrogens with zero attached hydrogens (tertiary/aromatic N) is 2. The van der Waals surface area contributed by atoms with Crippen LogP contribution < -0.4 is 10.2 Å². The summed E-state index contributed by atoms with van der Waals surface area (Å²) in [6.45, 7) is 3.74. The van der Waals surface area contributed by atoms with E-state index in [0.29, 0.717) is 23.4 Å². The summed E-state index contributed by atoms with van der Waals surface area (Å²) in [5.41, 5.74) is -0.620. The van der Waals surface area contributed by atoms with Gasteiger partial charge in [0.1, 0.15) is 18.1 Å². The lowest BCUT2D eigenvalue weighted by molar-refractivity contribution is -0.184. The number of likely N-dealkylation sites (N-methyl/N-ethyl adjacent to an activating group) is 1. The average molecular weight is 530 g/mol. The third-order valence-electron chi connectivity index (χ3n) is 6.58. The molecule has 1 N–H and O–H groups in total. The van der Waals surface area contributed by atoms with E-state index < -0.39 is 23.5 Å². The number of aryl methyl sites for hydroxylation is 1. The SMILES string of the molecule is CCN1OC[C@@H](NC(=O)c2ccc(N3CCC(c4cc(Cl)cc(Cl)c4)(C(F)(F)F)C3)cc2C)C1=O. The topological polar surface area (TPSA) is 61.9 Å². The number of halogens is 5. The number of amides is 2. The molecule has 2 atom stereocenters. The number of carbonyl (C=O) groups is 2. The van der Waals surface area contributed by atoms with E-state index in [1.807, 2.05) is 0 Å². The highest BCUT2D eigenvalue weighted by atomic mass is 35.5. The van der Waals surface area contributed by atoms with Crippen molar-refractivity contribution in [2.24, 2.45) is 0 Å². The number of carbonyl (C=O) groups excluding carboxylic acids is 2. The van der Waals surface area contributed by atoms with Crippen molar-refractivity contribution in [2.75, 3.05) is 31.1 Å². The zero-order valence-corrected chi connectivity index (χ0v) is 20.6. The molecule has 2 aromatic carbocycles. The van der Waals surface area contributed by atoms with Crippen LogP contribution >= 0.6 is 23.2 Å². The number of benzene rings is 2. The fraction of sp³-hybridized carbons (Fsp3) is 0.417. The number of hydroxylamine groups is 2. The summed E-state index contributed by atoms with van der Waals surface area (Å²) in [6.07, 6.45) is -4.68. The number of alkyl halides is 3. The number of hydrogen-bond acceptors (Lipinski definition) is 4. The molecule has 2 fully saturated rings. The fourth-order valence-electron chi connectivity index (χ4n) is 4.65. The Morgan fingerprint density at radius 2 is 1.89 bits per heavy atom. The molecule has 0 aromatic heterocycles. The molecule has 2 aliphatic rings. The Kier molecular flexibility index (Phi) is 6.96. The zero-order chi connectivity index (χ0) is 25.5. The summed E-state index contributed by atoms with van der Waals surface area (Å²) in [5, 5.41) is 4.14. The first-order valence-corrected chi connectivity index (χ1v) is 11.8. The van der Waals surface area contributed by atoms with E-state index in [9.17, 15) is 22.8 Å². The molecule has 2 aromatic rings. The van der Waals surface area contributed by atoms with Gasteiger partial charge in [-0.25, -0.2) is 5.06 Å². The van der Waals surface area contributed by atoms with Crippen molar-refractivity contribution in [3.63, 3.8) is 0 Å². The standard InChI is InChI=1S/C24H24Cl2F3N3O3/c1-3-32-22(34)20(12-35-32)30-21(33)19-5-4-18(8-14(19)2)31-7-6-23(13-31,24(27,28)29)15-9-16(25)11-17(26)10-15/h4-5,8-11,20H,3,6-7,12-13H2,1-2H3,(H,30,33)/t20-,23?/m1/s1. The molecule has 0 aliphatic carbocycles. The monoisotopic (exact) mass is 529 g/mol. The van der Waals surface area contributed by atoms with Crippen LogP contribution in [0.25, 0.3) is 0 Å². The van der Waals surface area contributed by atoms with Crippen molar-refractivity contribution >= 4 is 40.7 Å². The van der Waals surface area contributed by atoms with Crippen LogP contribution in [0.2, 0.25) is 10.0 Å². The van der Waals surface area contributed by atoms with Crippen LogP contribution in [-0.2, 0) is 15.0 Å². The van der Waals surface area contributed by atoms with Gasteiger partial charge in [0.2, 0.25) is 0 Å².